The molecule has 1 aliphatic carbocycles. The maximum absolute atomic E-state index is 5.40. The number of nitrogens with two attached hydrogens (primary N) is 4. The topological polar surface area (TPSA) is 129 Å². The Bertz CT molecular complexity index is 471. The Labute approximate surface area is 118 Å². The number of nitrogens with zero attached hydrogens (tertiary/aromatic N) is 2. The predicted molar refractivity (Wildman–Crippen MR) is 82.0 cm³/mol. The summed E-state index contributed by atoms with van der Waals surface area (Å²) in [5, 5.41) is 0. The molecule has 0 heterocycles. The Morgan fingerprint density at radius 3 is 1.95 bits per heavy atom. The number of guanidine groups is 2. The first-order valence-electron chi connectivity index (χ1n) is 6.79. The highest BCUT2D eigenvalue weighted by Crippen LogP contribution is 2.30. The predicted octanol–water partition coefficient (Wildman–Crippen LogP) is 0.0545. The van der Waals surface area contributed by atoms with E-state index in [1.165, 1.54) is 11.1 Å². The van der Waals surface area contributed by atoms with E-state index in [4.69, 9.17) is 22.9 Å². The smallest absolute Gasteiger partial charge is 0.188 e. The molecule has 0 atom stereocenters. The fourth-order valence-corrected chi connectivity index (χ4v) is 2.74. The molecule has 0 fully saturated rings. The molecule has 6 nitrogen and oxygen atoms in total. The van der Waals surface area contributed by atoms with Crippen LogP contribution in [0, 0.1) is 5.92 Å². The molecule has 6 heteroatoms. The first-order chi connectivity index (χ1) is 9.54. The first-order valence-corrected chi connectivity index (χ1v) is 6.79. The molecule has 0 aliphatic heterocycles. The Balaban J connectivity index is 1.92. The van der Waals surface area contributed by atoms with Crippen molar-refractivity contribution in [2.24, 2.45) is 38.8 Å². The van der Waals surface area contributed by atoms with E-state index in [0.717, 1.165) is 25.7 Å². The molecule has 0 unspecified atom stereocenters. The molecule has 0 aromatic heterocycles. The molecule has 0 radical (unpaired) electrons. The third-order valence-corrected chi connectivity index (χ3v) is 3.56. The summed E-state index contributed by atoms with van der Waals surface area (Å²) in [6.45, 7) is 0. The summed E-state index contributed by atoms with van der Waals surface area (Å²) in [6, 6.07) is 8.56. The standard InChI is InChI=1S/C14H22N6/c15-13(16)19-12(20-14(17)18)6-5-9-7-10-3-1-2-4-11(10)8-9/h1-4,9,12H,5-8H2,(H4,15,16,19)(H4,17,18,20). The summed E-state index contributed by atoms with van der Waals surface area (Å²) in [6.07, 6.45) is 3.56. The van der Waals surface area contributed by atoms with Crippen molar-refractivity contribution in [3.05, 3.63) is 35.4 Å². The number of aliphatic imine (C=N–C) groups is 2. The first kappa shape index (κ1) is 14.2. The van der Waals surface area contributed by atoms with Crippen LogP contribution >= 0.6 is 0 Å². The largest absolute Gasteiger partial charge is 0.370 e. The van der Waals surface area contributed by atoms with Crippen LogP contribution < -0.4 is 22.9 Å². The minimum Gasteiger partial charge on any atom is -0.370 e. The van der Waals surface area contributed by atoms with Gasteiger partial charge in [-0.2, -0.15) is 0 Å². The van der Waals surface area contributed by atoms with E-state index in [0.29, 0.717) is 5.92 Å². The van der Waals surface area contributed by atoms with Gasteiger partial charge in [0.2, 0.25) is 0 Å². The van der Waals surface area contributed by atoms with Gasteiger partial charge in [0.05, 0.1) is 0 Å². The van der Waals surface area contributed by atoms with E-state index >= 15 is 0 Å². The highest BCUT2D eigenvalue weighted by molar-refractivity contribution is 5.77. The van der Waals surface area contributed by atoms with Crippen LogP contribution in [-0.4, -0.2) is 18.1 Å². The Kier molecular flexibility index (Phi) is 4.45. The molecule has 2 rings (SSSR count). The molecule has 0 amide bonds. The molecule has 0 bridgehead atoms. The quantitative estimate of drug-likeness (QED) is 0.446. The Morgan fingerprint density at radius 1 is 1.00 bits per heavy atom. The number of fused-ring (bicyclic) bond motifs is 1. The second-order valence-corrected chi connectivity index (χ2v) is 5.21. The SMILES string of the molecule is NC(N)=NC(CCC1Cc2ccccc2C1)N=C(N)N. The highest BCUT2D eigenvalue weighted by Gasteiger charge is 2.21. The van der Waals surface area contributed by atoms with Crippen molar-refractivity contribution in [2.45, 2.75) is 31.8 Å². The second-order valence-electron chi connectivity index (χ2n) is 5.21. The van der Waals surface area contributed by atoms with E-state index in [-0.39, 0.29) is 18.1 Å². The van der Waals surface area contributed by atoms with Gasteiger partial charge >= 0.3 is 0 Å². The van der Waals surface area contributed by atoms with Crippen LogP contribution in [0.4, 0.5) is 0 Å². The molecule has 108 valence electrons. The lowest BCUT2D eigenvalue weighted by atomic mass is 9.99. The number of rotatable bonds is 5. The number of benzene rings is 1. The average Bonchev–Trinajstić information content (AvgIpc) is 2.77. The number of hydrogen-bond acceptors (Lipinski definition) is 2. The molecule has 1 aliphatic rings. The van der Waals surface area contributed by atoms with E-state index < -0.39 is 0 Å². The van der Waals surface area contributed by atoms with Crippen LogP contribution in [-0.2, 0) is 12.8 Å². The van der Waals surface area contributed by atoms with Crippen molar-refractivity contribution < 1.29 is 0 Å². The molecular formula is C14H22N6. The van der Waals surface area contributed by atoms with Gasteiger partial charge in [-0.1, -0.05) is 24.3 Å². The van der Waals surface area contributed by atoms with E-state index in [1.54, 1.807) is 0 Å². The highest BCUT2D eigenvalue weighted by atomic mass is 15.1. The zero-order valence-corrected chi connectivity index (χ0v) is 11.5. The summed E-state index contributed by atoms with van der Waals surface area (Å²) < 4.78 is 0. The van der Waals surface area contributed by atoms with Crippen LogP contribution in [0.5, 0.6) is 0 Å². The van der Waals surface area contributed by atoms with Crippen LogP contribution in [0.3, 0.4) is 0 Å². The molecule has 20 heavy (non-hydrogen) atoms. The Hall–Kier alpha value is -2.24. The minimum atomic E-state index is -0.381. The van der Waals surface area contributed by atoms with Crippen molar-refractivity contribution in [1.82, 2.24) is 0 Å². The summed E-state index contributed by atoms with van der Waals surface area (Å²) >= 11 is 0. The van der Waals surface area contributed by atoms with Crippen molar-refractivity contribution in [1.29, 1.82) is 0 Å². The van der Waals surface area contributed by atoms with Gasteiger partial charge in [-0.25, -0.2) is 9.98 Å². The number of hydrogen-bond donors (Lipinski definition) is 4. The normalized spacial score (nSPS) is 14.1. The molecule has 0 saturated carbocycles. The molecule has 0 saturated heterocycles. The van der Waals surface area contributed by atoms with E-state index in [9.17, 15) is 0 Å². The van der Waals surface area contributed by atoms with Gasteiger partial charge in [-0.15, -0.1) is 0 Å². The van der Waals surface area contributed by atoms with Crippen LogP contribution in [0.15, 0.2) is 34.3 Å². The van der Waals surface area contributed by atoms with Crippen LogP contribution in [0.2, 0.25) is 0 Å². The van der Waals surface area contributed by atoms with E-state index in [1.807, 2.05) is 0 Å². The van der Waals surface area contributed by atoms with Gasteiger partial charge < -0.3 is 22.9 Å². The molecular weight excluding hydrogens is 252 g/mol. The lowest BCUT2D eigenvalue weighted by Crippen LogP contribution is -2.28. The third-order valence-electron chi connectivity index (χ3n) is 3.56. The zero-order chi connectivity index (χ0) is 14.5. The summed E-state index contributed by atoms with van der Waals surface area (Å²) in [4.78, 5) is 8.10. The molecule has 0 spiro atoms. The van der Waals surface area contributed by atoms with Gasteiger partial charge in [0.1, 0.15) is 6.17 Å². The lowest BCUT2D eigenvalue weighted by molar-refractivity contribution is 0.461. The van der Waals surface area contributed by atoms with Gasteiger partial charge in [-0.05, 0) is 42.7 Å². The second kappa shape index (κ2) is 6.27. The van der Waals surface area contributed by atoms with Crippen LogP contribution in [0.1, 0.15) is 24.0 Å². The maximum Gasteiger partial charge on any atom is 0.188 e. The van der Waals surface area contributed by atoms with Crippen LogP contribution in [0.25, 0.3) is 0 Å². The average molecular weight is 274 g/mol. The molecule has 8 N–H and O–H groups in total. The van der Waals surface area contributed by atoms with Gasteiger partial charge in [0.15, 0.2) is 11.9 Å². The Morgan fingerprint density at radius 2 is 1.50 bits per heavy atom. The van der Waals surface area contributed by atoms with E-state index in [2.05, 4.69) is 34.3 Å². The van der Waals surface area contributed by atoms with Gasteiger partial charge in [-0.3, -0.25) is 0 Å². The molecule has 1 aromatic carbocycles. The monoisotopic (exact) mass is 274 g/mol. The van der Waals surface area contributed by atoms with Crippen molar-refractivity contribution in [3.63, 3.8) is 0 Å². The fraction of sp³-hybridized carbons (Fsp3) is 0.429. The van der Waals surface area contributed by atoms with Crippen molar-refractivity contribution >= 4 is 11.9 Å². The third kappa shape index (κ3) is 3.88. The summed E-state index contributed by atoms with van der Waals surface area (Å²) in [7, 11) is 0. The summed E-state index contributed by atoms with van der Waals surface area (Å²) in [5.41, 5.74) is 24.5. The lowest BCUT2D eigenvalue weighted by Gasteiger charge is -2.12. The van der Waals surface area contributed by atoms with Crippen molar-refractivity contribution in [3.8, 4) is 0 Å². The maximum atomic E-state index is 5.40. The molecule has 1 aromatic rings. The fourth-order valence-electron chi connectivity index (χ4n) is 2.74. The summed E-state index contributed by atoms with van der Waals surface area (Å²) in [5.74, 6) is 0.628. The zero-order valence-electron chi connectivity index (χ0n) is 11.5. The van der Waals surface area contributed by atoms with Crippen molar-refractivity contribution in [2.75, 3.05) is 0 Å². The van der Waals surface area contributed by atoms with Gasteiger partial charge in [0.25, 0.3) is 0 Å². The minimum absolute atomic E-state index is 0.00899. The van der Waals surface area contributed by atoms with Gasteiger partial charge in [0, 0.05) is 0 Å².